The Morgan fingerprint density at radius 2 is 2.07 bits per heavy atom. The Hall–Kier alpha value is -1.03. The van der Waals surface area contributed by atoms with Crippen molar-refractivity contribution in [1.29, 1.82) is 0 Å². The topological polar surface area (TPSA) is 55.1 Å². The lowest BCUT2D eigenvalue weighted by atomic mass is 10.1. The van der Waals surface area contributed by atoms with Crippen molar-refractivity contribution in [2.75, 3.05) is 0 Å². The van der Waals surface area contributed by atoms with Gasteiger partial charge in [-0.05, 0) is 27.7 Å². The lowest BCUT2D eigenvalue weighted by Gasteiger charge is -2.19. The quantitative estimate of drug-likeness (QED) is 0.783. The minimum Gasteiger partial charge on any atom is -0.349 e. The summed E-state index contributed by atoms with van der Waals surface area (Å²) in [6.45, 7) is 7.31. The maximum absolute atomic E-state index is 11.6. The molecule has 0 radical (unpaired) electrons. The molecule has 0 unspecified atom stereocenters. The van der Waals surface area contributed by atoms with Crippen molar-refractivity contribution < 1.29 is 9.32 Å². The van der Waals surface area contributed by atoms with Gasteiger partial charge in [0.2, 0.25) is 5.76 Å². The highest BCUT2D eigenvalue weighted by molar-refractivity contribution is 6.33. The molecule has 0 aliphatic carbocycles. The molecule has 78 valence electrons. The van der Waals surface area contributed by atoms with Gasteiger partial charge in [0.05, 0.1) is 5.69 Å². The van der Waals surface area contributed by atoms with Crippen LogP contribution in [-0.2, 0) is 0 Å². The molecule has 1 N–H and O–H groups in total. The van der Waals surface area contributed by atoms with Crippen LogP contribution in [0.25, 0.3) is 0 Å². The van der Waals surface area contributed by atoms with E-state index in [1.807, 2.05) is 20.8 Å². The first-order chi connectivity index (χ1) is 6.31. The van der Waals surface area contributed by atoms with E-state index in [2.05, 4.69) is 10.5 Å². The molecule has 14 heavy (non-hydrogen) atoms. The van der Waals surface area contributed by atoms with E-state index in [1.54, 1.807) is 6.92 Å². The number of carbonyl (C=O) groups excluding carboxylic acids is 1. The molecule has 0 fully saturated rings. The van der Waals surface area contributed by atoms with Crippen LogP contribution < -0.4 is 5.32 Å². The number of hydrogen-bond acceptors (Lipinski definition) is 3. The SMILES string of the molecule is Cc1noc(C(=O)NC(C)(C)C)c1Cl. The van der Waals surface area contributed by atoms with E-state index in [9.17, 15) is 4.79 Å². The zero-order chi connectivity index (χ0) is 10.9. The summed E-state index contributed by atoms with van der Waals surface area (Å²) in [5, 5.41) is 6.60. The van der Waals surface area contributed by atoms with Crippen LogP contribution in [0.1, 0.15) is 37.0 Å². The monoisotopic (exact) mass is 216 g/mol. The van der Waals surface area contributed by atoms with E-state index in [4.69, 9.17) is 16.1 Å². The van der Waals surface area contributed by atoms with Crippen molar-refractivity contribution in [3.8, 4) is 0 Å². The maximum atomic E-state index is 11.6. The minimum atomic E-state index is -0.344. The number of nitrogens with one attached hydrogen (secondary N) is 1. The van der Waals surface area contributed by atoms with Crippen LogP contribution in [0.2, 0.25) is 5.02 Å². The summed E-state index contributed by atoms with van der Waals surface area (Å²) < 4.78 is 4.81. The standard InChI is InChI=1S/C9H13ClN2O2/c1-5-6(10)7(14-12-5)8(13)11-9(2,3)4/h1-4H3,(H,11,13). The number of carbonyl (C=O) groups is 1. The van der Waals surface area contributed by atoms with Crippen LogP contribution in [0.4, 0.5) is 0 Å². The summed E-state index contributed by atoms with van der Waals surface area (Å²) in [4.78, 5) is 11.6. The molecule has 4 nitrogen and oxygen atoms in total. The van der Waals surface area contributed by atoms with E-state index in [-0.39, 0.29) is 22.2 Å². The van der Waals surface area contributed by atoms with E-state index < -0.39 is 0 Å². The van der Waals surface area contributed by atoms with Crippen molar-refractivity contribution in [2.45, 2.75) is 33.2 Å². The van der Waals surface area contributed by atoms with E-state index in [0.29, 0.717) is 5.69 Å². The van der Waals surface area contributed by atoms with Gasteiger partial charge in [-0.25, -0.2) is 0 Å². The molecular formula is C9H13ClN2O2. The second-order valence-electron chi connectivity index (χ2n) is 4.12. The summed E-state index contributed by atoms with van der Waals surface area (Å²) in [7, 11) is 0. The number of aryl methyl sites for hydroxylation is 1. The third kappa shape index (κ3) is 2.48. The molecule has 1 aromatic heterocycles. The Labute approximate surface area is 87.6 Å². The molecule has 0 aliphatic rings. The number of rotatable bonds is 1. The Morgan fingerprint density at radius 3 is 2.43 bits per heavy atom. The highest BCUT2D eigenvalue weighted by Crippen LogP contribution is 2.20. The zero-order valence-corrected chi connectivity index (χ0v) is 9.40. The first-order valence-electron chi connectivity index (χ1n) is 4.25. The molecule has 0 aromatic carbocycles. The van der Waals surface area contributed by atoms with Crippen LogP contribution in [0.5, 0.6) is 0 Å². The van der Waals surface area contributed by atoms with Gasteiger partial charge in [0.1, 0.15) is 5.02 Å². The average molecular weight is 217 g/mol. The van der Waals surface area contributed by atoms with E-state index in [0.717, 1.165) is 0 Å². The minimum absolute atomic E-state index is 0.0686. The Bertz CT molecular complexity index is 352. The molecule has 1 heterocycles. The van der Waals surface area contributed by atoms with E-state index >= 15 is 0 Å². The molecule has 0 saturated carbocycles. The maximum Gasteiger partial charge on any atom is 0.291 e. The summed E-state index contributed by atoms with van der Waals surface area (Å²) in [6.07, 6.45) is 0. The van der Waals surface area contributed by atoms with Gasteiger partial charge < -0.3 is 9.84 Å². The van der Waals surface area contributed by atoms with Crippen LogP contribution in [0.3, 0.4) is 0 Å². The van der Waals surface area contributed by atoms with Crippen molar-refractivity contribution in [3.05, 3.63) is 16.5 Å². The van der Waals surface area contributed by atoms with Crippen molar-refractivity contribution in [1.82, 2.24) is 10.5 Å². The summed E-state index contributed by atoms with van der Waals surface area (Å²) in [5.74, 6) is -0.276. The molecule has 5 heteroatoms. The normalized spacial score (nSPS) is 11.5. The lowest BCUT2D eigenvalue weighted by Crippen LogP contribution is -2.40. The molecular weight excluding hydrogens is 204 g/mol. The first-order valence-corrected chi connectivity index (χ1v) is 4.63. The molecule has 1 aromatic rings. The predicted octanol–water partition coefficient (Wildman–Crippen LogP) is 2.16. The smallest absolute Gasteiger partial charge is 0.291 e. The second-order valence-corrected chi connectivity index (χ2v) is 4.49. The average Bonchev–Trinajstić information content (AvgIpc) is 2.29. The fourth-order valence-electron chi connectivity index (χ4n) is 0.897. The van der Waals surface area contributed by atoms with Crippen LogP contribution in [0, 0.1) is 6.92 Å². The van der Waals surface area contributed by atoms with Gasteiger partial charge in [0.15, 0.2) is 0 Å². The van der Waals surface area contributed by atoms with Gasteiger partial charge in [-0.15, -0.1) is 0 Å². The largest absolute Gasteiger partial charge is 0.349 e. The zero-order valence-electron chi connectivity index (χ0n) is 8.64. The predicted molar refractivity (Wildman–Crippen MR) is 53.5 cm³/mol. The number of hydrogen-bond donors (Lipinski definition) is 1. The van der Waals surface area contributed by atoms with Gasteiger partial charge in [0.25, 0.3) is 5.91 Å². The molecule has 1 amide bonds. The van der Waals surface area contributed by atoms with Gasteiger partial charge in [0, 0.05) is 5.54 Å². The number of nitrogens with zero attached hydrogens (tertiary/aromatic N) is 1. The summed E-state index contributed by atoms with van der Waals surface area (Å²) >= 11 is 5.82. The highest BCUT2D eigenvalue weighted by Gasteiger charge is 2.22. The Kier molecular flexibility index (Phi) is 2.85. The van der Waals surface area contributed by atoms with Crippen molar-refractivity contribution >= 4 is 17.5 Å². The Balaban J connectivity index is 2.86. The van der Waals surface area contributed by atoms with Crippen LogP contribution in [0.15, 0.2) is 4.52 Å². The number of halogens is 1. The van der Waals surface area contributed by atoms with Crippen molar-refractivity contribution in [3.63, 3.8) is 0 Å². The molecule has 0 bridgehead atoms. The van der Waals surface area contributed by atoms with Gasteiger partial charge in [-0.3, -0.25) is 4.79 Å². The molecule has 1 rings (SSSR count). The fraction of sp³-hybridized carbons (Fsp3) is 0.556. The van der Waals surface area contributed by atoms with Crippen LogP contribution in [-0.4, -0.2) is 16.6 Å². The highest BCUT2D eigenvalue weighted by atomic mass is 35.5. The van der Waals surface area contributed by atoms with Crippen molar-refractivity contribution in [2.24, 2.45) is 0 Å². The first kappa shape index (κ1) is 11.0. The van der Waals surface area contributed by atoms with Gasteiger partial charge >= 0.3 is 0 Å². The number of aromatic nitrogens is 1. The molecule has 0 atom stereocenters. The lowest BCUT2D eigenvalue weighted by molar-refractivity contribution is 0.0882. The second kappa shape index (κ2) is 3.61. The van der Waals surface area contributed by atoms with Gasteiger partial charge in [-0.1, -0.05) is 16.8 Å². The summed E-state index contributed by atoms with van der Waals surface area (Å²) in [5.41, 5.74) is 0.201. The van der Waals surface area contributed by atoms with Gasteiger partial charge in [-0.2, -0.15) is 0 Å². The molecule has 0 saturated heterocycles. The third-order valence-electron chi connectivity index (χ3n) is 1.49. The third-order valence-corrected chi connectivity index (χ3v) is 1.93. The molecule has 0 spiro atoms. The van der Waals surface area contributed by atoms with Crippen LogP contribution >= 0.6 is 11.6 Å². The Morgan fingerprint density at radius 1 is 1.50 bits per heavy atom. The van der Waals surface area contributed by atoms with E-state index in [1.165, 1.54) is 0 Å². The fourth-order valence-corrected chi connectivity index (χ4v) is 1.05. The number of amides is 1. The molecule has 0 aliphatic heterocycles. The summed E-state index contributed by atoms with van der Waals surface area (Å²) in [6, 6.07) is 0.